The predicted molar refractivity (Wildman–Crippen MR) is 124 cm³/mol. The topological polar surface area (TPSA) is 74.4 Å². The number of rotatable bonds is 5. The molecule has 1 atom stereocenters. The minimum absolute atomic E-state index is 0.0488. The first-order valence-corrected chi connectivity index (χ1v) is 11.6. The lowest BCUT2D eigenvalue weighted by Gasteiger charge is -2.31. The molecule has 1 aromatic heterocycles. The van der Waals surface area contributed by atoms with Crippen molar-refractivity contribution in [3.8, 4) is 11.3 Å². The van der Waals surface area contributed by atoms with Gasteiger partial charge in [0.25, 0.3) is 5.91 Å². The molecule has 33 heavy (non-hydrogen) atoms. The van der Waals surface area contributed by atoms with Crippen LogP contribution in [-0.2, 0) is 22.5 Å². The summed E-state index contributed by atoms with van der Waals surface area (Å²) in [5, 5.41) is 3.67. The molecule has 2 aliphatic heterocycles. The van der Waals surface area contributed by atoms with E-state index in [1.807, 2.05) is 6.92 Å². The molecule has 3 heterocycles. The highest BCUT2D eigenvalue weighted by Gasteiger charge is 2.27. The van der Waals surface area contributed by atoms with Crippen molar-refractivity contribution in [1.82, 2.24) is 15.2 Å². The molecule has 0 radical (unpaired) electrons. The van der Waals surface area contributed by atoms with Gasteiger partial charge in [-0.2, -0.15) is 0 Å². The molecule has 5 rings (SSSR count). The maximum Gasteiger partial charge on any atom is 0.310 e. The van der Waals surface area contributed by atoms with Crippen LogP contribution in [-0.4, -0.2) is 48.0 Å². The van der Waals surface area contributed by atoms with E-state index in [0.29, 0.717) is 30.7 Å². The number of amides is 1. The van der Waals surface area contributed by atoms with Crippen LogP contribution in [0.4, 0.5) is 4.39 Å². The van der Waals surface area contributed by atoms with E-state index in [-0.39, 0.29) is 17.8 Å². The summed E-state index contributed by atoms with van der Waals surface area (Å²) in [4.78, 5) is 30.2. The summed E-state index contributed by atoms with van der Waals surface area (Å²) in [6.07, 6.45) is 2.56. The number of aromatic nitrogens is 1. The average Bonchev–Trinajstić information content (AvgIpc) is 3.08. The van der Waals surface area contributed by atoms with Gasteiger partial charge < -0.3 is 15.0 Å². The van der Waals surface area contributed by atoms with E-state index in [1.54, 1.807) is 0 Å². The van der Waals surface area contributed by atoms with E-state index in [2.05, 4.69) is 39.5 Å². The van der Waals surface area contributed by atoms with E-state index in [9.17, 15) is 14.0 Å². The van der Waals surface area contributed by atoms with Crippen molar-refractivity contribution in [1.29, 1.82) is 0 Å². The second-order valence-corrected chi connectivity index (χ2v) is 8.88. The van der Waals surface area contributed by atoms with Crippen LogP contribution in [0.5, 0.6) is 0 Å². The van der Waals surface area contributed by atoms with Crippen molar-refractivity contribution in [2.24, 2.45) is 5.92 Å². The molecule has 2 aliphatic rings. The zero-order chi connectivity index (χ0) is 22.9. The lowest BCUT2D eigenvalue weighted by Crippen LogP contribution is -2.38. The van der Waals surface area contributed by atoms with Crippen LogP contribution >= 0.6 is 0 Å². The van der Waals surface area contributed by atoms with Gasteiger partial charge in [0, 0.05) is 36.2 Å². The van der Waals surface area contributed by atoms with E-state index in [4.69, 9.17) is 4.74 Å². The third-order valence-electron chi connectivity index (χ3n) is 6.65. The Balaban J connectivity index is 1.38. The van der Waals surface area contributed by atoms with Crippen molar-refractivity contribution < 1.29 is 18.7 Å². The SMILES string of the molecule is CCOC(=O)C1CCCN(Cc2ccc(-c3[nH]c4cc(F)cc5c4c3CCNC5=O)cc2)C1. The number of hydrogen-bond donors (Lipinski definition) is 2. The minimum atomic E-state index is -0.424. The third-order valence-corrected chi connectivity index (χ3v) is 6.65. The minimum Gasteiger partial charge on any atom is -0.466 e. The van der Waals surface area contributed by atoms with Gasteiger partial charge >= 0.3 is 5.97 Å². The standard InChI is InChI=1S/C26H28FN3O3/c1-2-33-26(32)18-4-3-11-30(15-18)14-16-5-7-17(8-6-16)24-20-9-10-28-25(31)21-12-19(27)13-22(29-24)23(20)21/h5-8,12-13,18,29H,2-4,9-11,14-15H2,1H3,(H,28,31). The van der Waals surface area contributed by atoms with Crippen molar-refractivity contribution >= 4 is 22.8 Å². The van der Waals surface area contributed by atoms with Gasteiger partial charge in [-0.1, -0.05) is 24.3 Å². The summed E-state index contributed by atoms with van der Waals surface area (Å²) in [6.45, 7) is 5.26. The average molecular weight is 450 g/mol. The number of piperidine rings is 1. The molecule has 0 bridgehead atoms. The number of benzene rings is 2. The molecule has 1 unspecified atom stereocenters. The van der Waals surface area contributed by atoms with Gasteiger partial charge in [-0.25, -0.2) is 4.39 Å². The van der Waals surface area contributed by atoms with Gasteiger partial charge in [0.1, 0.15) is 5.82 Å². The Morgan fingerprint density at radius 2 is 2.06 bits per heavy atom. The van der Waals surface area contributed by atoms with E-state index in [0.717, 1.165) is 54.7 Å². The van der Waals surface area contributed by atoms with Crippen LogP contribution in [0.1, 0.15) is 41.3 Å². The maximum atomic E-state index is 14.1. The molecule has 0 spiro atoms. The quantitative estimate of drug-likeness (QED) is 0.577. The van der Waals surface area contributed by atoms with Crippen LogP contribution in [0.3, 0.4) is 0 Å². The van der Waals surface area contributed by atoms with Gasteiger partial charge in [0.15, 0.2) is 0 Å². The van der Waals surface area contributed by atoms with Crippen molar-refractivity contribution in [2.75, 3.05) is 26.2 Å². The molecule has 0 aliphatic carbocycles. The Morgan fingerprint density at radius 3 is 2.85 bits per heavy atom. The molecule has 1 saturated heterocycles. The number of halogens is 1. The lowest BCUT2D eigenvalue weighted by molar-refractivity contribution is -0.150. The number of nitrogens with one attached hydrogen (secondary N) is 2. The molecule has 1 amide bonds. The highest BCUT2D eigenvalue weighted by molar-refractivity contribution is 6.10. The summed E-state index contributed by atoms with van der Waals surface area (Å²) >= 11 is 0. The fourth-order valence-corrected chi connectivity index (χ4v) is 5.12. The molecule has 3 aromatic rings. The summed E-state index contributed by atoms with van der Waals surface area (Å²) in [5.41, 5.74) is 5.19. The number of hydrogen-bond acceptors (Lipinski definition) is 4. The summed E-state index contributed by atoms with van der Waals surface area (Å²) < 4.78 is 19.3. The maximum absolute atomic E-state index is 14.1. The Hall–Kier alpha value is -3.19. The summed E-state index contributed by atoms with van der Waals surface area (Å²) in [7, 11) is 0. The number of aromatic amines is 1. The van der Waals surface area contributed by atoms with Crippen LogP contribution < -0.4 is 5.32 Å². The molecule has 6 nitrogen and oxygen atoms in total. The molecule has 1 fully saturated rings. The van der Waals surface area contributed by atoms with E-state index < -0.39 is 5.82 Å². The van der Waals surface area contributed by atoms with Crippen LogP contribution in [0.2, 0.25) is 0 Å². The van der Waals surface area contributed by atoms with E-state index in [1.165, 1.54) is 17.7 Å². The molecule has 2 N–H and O–H groups in total. The van der Waals surface area contributed by atoms with E-state index >= 15 is 0 Å². The van der Waals surface area contributed by atoms with Crippen LogP contribution in [0, 0.1) is 11.7 Å². The van der Waals surface area contributed by atoms with Gasteiger partial charge in [-0.15, -0.1) is 0 Å². The molecule has 172 valence electrons. The van der Waals surface area contributed by atoms with Crippen molar-refractivity contribution in [2.45, 2.75) is 32.7 Å². The van der Waals surface area contributed by atoms with Gasteiger partial charge in [0.2, 0.25) is 0 Å². The Labute approximate surface area is 192 Å². The highest BCUT2D eigenvalue weighted by Crippen LogP contribution is 2.35. The first-order chi connectivity index (χ1) is 16.0. The van der Waals surface area contributed by atoms with Crippen LogP contribution in [0.15, 0.2) is 36.4 Å². The number of esters is 1. The molecular formula is C26H28FN3O3. The second-order valence-electron chi connectivity index (χ2n) is 8.88. The van der Waals surface area contributed by atoms with Gasteiger partial charge in [-0.3, -0.25) is 14.5 Å². The second kappa shape index (κ2) is 8.98. The Kier molecular flexibility index (Phi) is 5.89. The number of likely N-dealkylation sites (tertiary alicyclic amines) is 1. The summed E-state index contributed by atoms with van der Waals surface area (Å²) in [5.74, 6) is -0.800. The van der Waals surface area contributed by atoms with Gasteiger partial charge in [0.05, 0.1) is 18.1 Å². The largest absolute Gasteiger partial charge is 0.466 e. The fraction of sp³-hybridized carbons (Fsp3) is 0.385. The zero-order valence-corrected chi connectivity index (χ0v) is 18.7. The first kappa shape index (κ1) is 21.6. The molecule has 7 heteroatoms. The molecular weight excluding hydrogens is 421 g/mol. The zero-order valence-electron chi connectivity index (χ0n) is 18.7. The molecule has 2 aromatic carbocycles. The molecule has 0 saturated carbocycles. The summed E-state index contributed by atoms with van der Waals surface area (Å²) in [6, 6.07) is 11.1. The normalized spacial score (nSPS) is 18.7. The smallest absolute Gasteiger partial charge is 0.310 e. The Morgan fingerprint density at radius 1 is 1.24 bits per heavy atom. The van der Waals surface area contributed by atoms with Crippen LogP contribution in [0.25, 0.3) is 22.2 Å². The van der Waals surface area contributed by atoms with Gasteiger partial charge in [-0.05, 0) is 61.6 Å². The van der Waals surface area contributed by atoms with Crippen molar-refractivity contribution in [3.63, 3.8) is 0 Å². The third kappa shape index (κ3) is 4.25. The predicted octanol–water partition coefficient (Wildman–Crippen LogP) is 4.04. The number of H-pyrrole nitrogens is 1. The number of carbonyl (C=O) groups excluding carboxylic acids is 2. The monoisotopic (exact) mass is 449 g/mol. The lowest BCUT2D eigenvalue weighted by atomic mass is 9.97. The fourth-order valence-electron chi connectivity index (χ4n) is 5.12. The van der Waals surface area contributed by atoms with Crippen molar-refractivity contribution in [3.05, 3.63) is 58.9 Å². The number of ether oxygens (including phenoxy) is 1. The Bertz CT molecular complexity index is 1200. The number of nitrogens with zero attached hydrogens (tertiary/aromatic N) is 1. The first-order valence-electron chi connectivity index (χ1n) is 11.6. The highest BCUT2D eigenvalue weighted by atomic mass is 19.1. The number of carbonyl (C=O) groups is 2.